The van der Waals surface area contributed by atoms with Crippen LogP contribution in [0.5, 0.6) is 5.75 Å². The van der Waals surface area contributed by atoms with Crippen molar-refractivity contribution in [2.75, 3.05) is 11.5 Å². The predicted molar refractivity (Wildman–Crippen MR) is 93.9 cm³/mol. The monoisotopic (exact) mass is 359 g/mol. The van der Waals surface area contributed by atoms with Crippen LogP contribution in [0.2, 0.25) is 0 Å². The SMILES string of the molecule is CCCOc1ccc(C2=C(Cl)C(=O)N(c3ccc(F)cc3)C2=O)cc1. The first kappa shape index (κ1) is 17.2. The van der Waals surface area contributed by atoms with Gasteiger partial charge in [-0.15, -0.1) is 0 Å². The molecule has 2 aromatic carbocycles. The fourth-order valence-corrected chi connectivity index (χ4v) is 2.79. The molecule has 6 heteroatoms. The Morgan fingerprint density at radius 2 is 1.64 bits per heavy atom. The number of imide groups is 1. The van der Waals surface area contributed by atoms with Crippen LogP contribution in [0.3, 0.4) is 0 Å². The molecule has 0 bridgehead atoms. The molecule has 0 spiro atoms. The number of amides is 2. The molecular weight excluding hydrogens is 345 g/mol. The summed E-state index contributed by atoms with van der Waals surface area (Å²) in [6.07, 6.45) is 0.887. The van der Waals surface area contributed by atoms with Crippen LogP contribution in [0.25, 0.3) is 5.57 Å². The zero-order chi connectivity index (χ0) is 18.0. The minimum atomic E-state index is -0.625. The second kappa shape index (κ2) is 7.07. The molecule has 128 valence electrons. The quantitative estimate of drug-likeness (QED) is 0.754. The predicted octanol–water partition coefficient (Wildman–Crippen LogP) is 4.14. The van der Waals surface area contributed by atoms with Gasteiger partial charge in [0.2, 0.25) is 0 Å². The third-order valence-corrected chi connectivity index (χ3v) is 4.08. The van der Waals surface area contributed by atoms with Crippen LogP contribution in [0.4, 0.5) is 10.1 Å². The van der Waals surface area contributed by atoms with E-state index in [1.54, 1.807) is 24.3 Å². The van der Waals surface area contributed by atoms with Crippen LogP contribution in [0.15, 0.2) is 53.6 Å². The Labute approximate surface area is 149 Å². The molecule has 1 aliphatic rings. The standard InChI is InChI=1S/C19H15ClFNO3/c1-2-11-25-15-9-3-12(4-10-15)16-17(20)19(24)22(18(16)23)14-7-5-13(21)6-8-14/h3-10H,2,11H2,1H3. The lowest BCUT2D eigenvalue weighted by molar-refractivity contribution is -0.119. The highest BCUT2D eigenvalue weighted by Gasteiger charge is 2.39. The molecule has 0 fully saturated rings. The Kier molecular flexibility index (Phi) is 4.86. The summed E-state index contributed by atoms with van der Waals surface area (Å²) < 4.78 is 18.6. The van der Waals surface area contributed by atoms with Crippen molar-refractivity contribution in [1.29, 1.82) is 0 Å². The van der Waals surface area contributed by atoms with Gasteiger partial charge in [0.1, 0.15) is 16.6 Å². The zero-order valence-electron chi connectivity index (χ0n) is 13.5. The number of carbonyl (C=O) groups is 2. The van der Waals surface area contributed by atoms with Gasteiger partial charge in [-0.2, -0.15) is 0 Å². The highest BCUT2D eigenvalue weighted by atomic mass is 35.5. The Balaban J connectivity index is 1.90. The number of anilines is 1. The van der Waals surface area contributed by atoms with Crippen molar-refractivity contribution in [3.05, 3.63) is 64.9 Å². The van der Waals surface area contributed by atoms with Gasteiger partial charge in [-0.1, -0.05) is 30.7 Å². The molecule has 0 unspecified atom stereocenters. The van der Waals surface area contributed by atoms with Gasteiger partial charge in [0.05, 0.1) is 17.9 Å². The molecule has 0 aliphatic carbocycles. The molecule has 0 aromatic heterocycles. The average Bonchev–Trinajstić information content (AvgIpc) is 2.84. The van der Waals surface area contributed by atoms with Gasteiger partial charge in [0.25, 0.3) is 11.8 Å². The number of hydrogen-bond donors (Lipinski definition) is 0. The molecular formula is C19H15ClFNO3. The smallest absolute Gasteiger partial charge is 0.277 e. The van der Waals surface area contributed by atoms with E-state index in [-0.39, 0.29) is 16.3 Å². The van der Waals surface area contributed by atoms with Gasteiger partial charge in [-0.05, 0) is 48.4 Å². The number of nitrogens with zero attached hydrogens (tertiary/aromatic N) is 1. The molecule has 1 heterocycles. The first-order valence-corrected chi connectivity index (χ1v) is 8.18. The van der Waals surface area contributed by atoms with Crippen LogP contribution in [0, 0.1) is 5.82 Å². The van der Waals surface area contributed by atoms with Crippen molar-refractivity contribution in [2.24, 2.45) is 0 Å². The summed E-state index contributed by atoms with van der Waals surface area (Å²) >= 11 is 6.12. The van der Waals surface area contributed by atoms with Gasteiger partial charge in [0, 0.05) is 0 Å². The van der Waals surface area contributed by atoms with Crippen molar-refractivity contribution < 1.29 is 18.7 Å². The molecule has 25 heavy (non-hydrogen) atoms. The van der Waals surface area contributed by atoms with Crippen molar-refractivity contribution in [3.63, 3.8) is 0 Å². The molecule has 2 aromatic rings. The van der Waals surface area contributed by atoms with Crippen molar-refractivity contribution in [2.45, 2.75) is 13.3 Å². The fraction of sp³-hybridized carbons (Fsp3) is 0.158. The van der Waals surface area contributed by atoms with Crippen molar-refractivity contribution in [3.8, 4) is 5.75 Å². The van der Waals surface area contributed by atoms with Gasteiger partial charge >= 0.3 is 0 Å². The average molecular weight is 360 g/mol. The highest BCUT2D eigenvalue weighted by Crippen LogP contribution is 2.35. The Hall–Kier alpha value is -2.66. The molecule has 2 amide bonds. The summed E-state index contributed by atoms with van der Waals surface area (Å²) in [5, 5.41) is -0.156. The van der Waals surface area contributed by atoms with E-state index in [1.807, 2.05) is 6.92 Å². The molecule has 0 atom stereocenters. The number of benzene rings is 2. The summed E-state index contributed by atoms with van der Waals surface area (Å²) in [4.78, 5) is 26.0. The lowest BCUT2D eigenvalue weighted by Gasteiger charge is -2.14. The molecule has 0 N–H and O–H groups in total. The van der Waals surface area contributed by atoms with E-state index < -0.39 is 17.6 Å². The van der Waals surface area contributed by atoms with Crippen LogP contribution < -0.4 is 9.64 Å². The van der Waals surface area contributed by atoms with Gasteiger partial charge < -0.3 is 4.74 Å². The molecule has 1 aliphatic heterocycles. The number of carbonyl (C=O) groups excluding carboxylic acids is 2. The minimum Gasteiger partial charge on any atom is -0.494 e. The summed E-state index contributed by atoms with van der Waals surface area (Å²) in [6, 6.07) is 11.9. The van der Waals surface area contributed by atoms with E-state index >= 15 is 0 Å². The molecule has 4 nitrogen and oxygen atoms in total. The van der Waals surface area contributed by atoms with E-state index in [0.717, 1.165) is 11.3 Å². The normalized spacial score (nSPS) is 14.4. The summed E-state index contributed by atoms with van der Waals surface area (Å²) in [5.41, 5.74) is 0.919. The minimum absolute atomic E-state index is 0.123. The Morgan fingerprint density at radius 1 is 1.00 bits per heavy atom. The highest BCUT2D eigenvalue weighted by molar-refractivity contribution is 6.60. The molecule has 3 rings (SSSR count). The van der Waals surface area contributed by atoms with E-state index in [2.05, 4.69) is 0 Å². The molecule has 0 saturated heterocycles. The maximum atomic E-state index is 13.1. The lowest BCUT2D eigenvalue weighted by atomic mass is 10.1. The van der Waals surface area contributed by atoms with E-state index in [4.69, 9.17) is 16.3 Å². The zero-order valence-corrected chi connectivity index (χ0v) is 14.2. The maximum Gasteiger partial charge on any atom is 0.277 e. The Bertz CT molecular complexity index is 844. The van der Waals surface area contributed by atoms with Crippen LogP contribution in [-0.4, -0.2) is 18.4 Å². The van der Waals surface area contributed by atoms with Crippen molar-refractivity contribution >= 4 is 34.7 Å². The molecule has 0 saturated carbocycles. The van der Waals surface area contributed by atoms with E-state index in [9.17, 15) is 14.0 Å². The topological polar surface area (TPSA) is 46.6 Å². The van der Waals surface area contributed by atoms with E-state index in [0.29, 0.717) is 17.9 Å². The Morgan fingerprint density at radius 3 is 2.24 bits per heavy atom. The number of hydrogen-bond acceptors (Lipinski definition) is 3. The van der Waals surface area contributed by atoms with Crippen LogP contribution >= 0.6 is 11.6 Å². The van der Waals surface area contributed by atoms with Gasteiger partial charge in [0.15, 0.2) is 0 Å². The van der Waals surface area contributed by atoms with Gasteiger partial charge in [-0.25, -0.2) is 9.29 Å². The summed E-state index contributed by atoms with van der Waals surface area (Å²) in [6.45, 7) is 2.60. The maximum absolute atomic E-state index is 13.1. The number of ether oxygens (including phenoxy) is 1. The first-order valence-electron chi connectivity index (χ1n) is 7.80. The summed E-state index contributed by atoms with van der Waals surface area (Å²) in [5.74, 6) is -0.942. The number of rotatable bonds is 5. The molecule has 0 radical (unpaired) electrons. The fourth-order valence-electron chi connectivity index (χ4n) is 2.52. The second-order valence-electron chi connectivity index (χ2n) is 5.48. The largest absolute Gasteiger partial charge is 0.494 e. The van der Waals surface area contributed by atoms with Crippen molar-refractivity contribution in [1.82, 2.24) is 0 Å². The number of halogens is 2. The lowest BCUT2D eigenvalue weighted by Crippen LogP contribution is -2.31. The van der Waals surface area contributed by atoms with Crippen LogP contribution in [-0.2, 0) is 9.59 Å². The summed E-state index contributed by atoms with van der Waals surface area (Å²) in [7, 11) is 0. The second-order valence-corrected chi connectivity index (χ2v) is 5.86. The van der Waals surface area contributed by atoms with E-state index in [1.165, 1.54) is 24.3 Å². The van der Waals surface area contributed by atoms with Gasteiger partial charge in [-0.3, -0.25) is 9.59 Å². The first-order chi connectivity index (χ1) is 12.0. The van der Waals surface area contributed by atoms with Crippen LogP contribution in [0.1, 0.15) is 18.9 Å². The third kappa shape index (κ3) is 3.28. The third-order valence-electron chi connectivity index (χ3n) is 3.73.